The van der Waals surface area contributed by atoms with Gasteiger partial charge in [-0.1, -0.05) is 40.5 Å². The number of rotatable bonds is 6. The Kier molecular flexibility index (Phi) is 6.54. The van der Waals surface area contributed by atoms with Crippen molar-refractivity contribution in [3.63, 3.8) is 0 Å². The van der Waals surface area contributed by atoms with Crippen LogP contribution in [-0.2, 0) is 4.65 Å². The highest BCUT2D eigenvalue weighted by molar-refractivity contribution is 6.53. The van der Waals surface area contributed by atoms with Crippen molar-refractivity contribution in [2.45, 2.75) is 52.7 Å². The lowest BCUT2D eigenvalue weighted by molar-refractivity contribution is 0.400. The summed E-state index contributed by atoms with van der Waals surface area (Å²) in [7, 11) is 1.83. The van der Waals surface area contributed by atoms with E-state index in [-0.39, 0.29) is 0 Å². The fourth-order valence-electron chi connectivity index (χ4n) is 1.40. The van der Waals surface area contributed by atoms with E-state index in [0.29, 0.717) is 12.7 Å². The molecule has 0 aliphatic heterocycles. The maximum Gasteiger partial charge on any atom is 0.295 e. The molecule has 0 bridgehead atoms. The van der Waals surface area contributed by atoms with Gasteiger partial charge < -0.3 is 4.65 Å². The van der Waals surface area contributed by atoms with Crippen LogP contribution in [0.25, 0.3) is 0 Å². The van der Waals surface area contributed by atoms with Gasteiger partial charge in [0.1, 0.15) is 0 Å². The molecule has 0 N–H and O–H groups in total. The van der Waals surface area contributed by atoms with E-state index in [2.05, 4.69) is 27.7 Å². The van der Waals surface area contributed by atoms with E-state index in [1.807, 2.05) is 7.11 Å². The predicted molar refractivity (Wildman–Crippen MR) is 56.7 cm³/mol. The molecule has 0 radical (unpaired) electrons. The van der Waals surface area contributed by atoms with Gasteiger partial charge in [-0.05, 0) is 18.1 Å². The Morgan fingerprint density at radius 1 is 1.25 bits per heavy atom. The molecule has 0 aromatic heterocycles. The van der Waals surface area contributed by atoms with Gasteiger partial charge in [0.25, 0.3) is 6.92 Å². The molecule has 0 heterocycles. The first-order valence-corrected chi connectivity index (χ1v) is 5.14. The molecule has 0 aliphatic rings. The Morgan fingerprint density at radius 3 is 2.17 bits per heavy atom. The molecule has 72 valence electrons. The lowest BCUT2D eigenvalue weighted by Gasteiger charge is -2.17. The van der Waals surface area contributed by atoms with E-state index in [1.54, 1.807) is 0 Å². The first kappa shape index (κ1) is 12.0. The Morgan fingerprint density at radius 2 is 1.83 bits per heavy atom. The van der Waals surface area contributed by atoms with Crippen molar-refractivity contribution in [3.8, 4) is 0 Å². The molecule has 0 aliphatic carbocycles. The second-order valence-electron chi connectivity index (χ2n) is 4.13. The molecular formula is C10H23BO. The summed E-state index contributed by atoms with van der Waals surface area (Å²) in [5.74, 6) is 1.50. The van der Waals surface area contributed by atoms with Gasteiger partial charge in [-0.25, -0.2) is 0 Å². The second-order valence-corrected chi connectivity index (χ2v) is 4.13. The summed E-state index contributed by atoms with van der Waals surface area (Å²) in [5.41, 5.74) is 0. The molecule has 0 rings (SSSR count). The quantitative estimate of drug-likeness (QED) is 0.554. The maximum atomic E-state index is 5.45. The smallest absolute Gasteiger partial charge is 0.295 e. The molecule has 0 saturated heterocycles. The van der Waals surface area contributed by atoms with Crippen LogP contribution in [0, 0.1) is 5.92 Å². The van der Waals surface area contributed by atoms with E-state index >= 15 is 0 Å². The van der Waals surface area contributed by atoms with Crippen LogP contribution in [0.15, 0.2) is 0 Å². The predicted octanol–water partition coefficient (Wildman–Crippen LogP) is 3.47. The molecule has 0 aromatic carbocycles. The minimum absolute atomic E-state index is 0.470. The summed E-state index contributed by atoms with van der Waals surface area (Å²) in [5, 5.41) is 0. The van der Waals surface area contributed by atoms with Crippen LogP contribution in [0.5, 0.6) is 0 Å². The van der Waals surface area contributed by atoms with Crippen molar-refractivity contribution in [2.24, 2.45) is 5.92 Å². The summed E-state index contributed by atoms with van der Waals surface area (Å²) < 4.78 is 5.45. The average Bonchev–Trinajstić information content (AvgIpc) is 2.04. The summed E-state index contributed by atoms with van der Waals surface area (Å²) >= 11 is 0. The van der Waals surface area contributed by atoms with Gasteiger partial charge in [0.05, 0.1) is 0 Å². The Balaban J connectivity index is 3.67. The van der Waals surface area contributed by atoms with E-state index in [0.717, 1.165) is 5.92 Å². The number of hydrogen-bond acceptors (Lipinski definition) is 1. The van der Waals surface area contributed by atoms with E-state index < -0.39 is 0 Å². The first-order valence-electron chi connectivity index (χ1n) is 5.14. The molecule has 0 aromatic rings. The Bertz CT molecular complexity index is 104. The van der Waals surface area contributed by atoms with Gasteiger partial charge in [-0.15, -0.1) is 0 Å². The second kappa shape index (κ2) is 6.53. The van der Waals surface area contributed by atoms with Crippen molar-refractivity contribution in [1.82, 2.24) is 0 Å². The average molecular weight is 170 g/mol. The van der Waals surface area contributed by atoms with Gasteiger partial charge >= 0.3 is 0 Å². The third-order valence-electron chi connectivity index (χ3n) is 2.61. The van der Waals surface area contributed by atoms with Gasteiger partial charge in [0, 0.05) is 7.11 Å². The van der Waals surface area contributed by atoms with Gasteiger partial charge in [-0.3, -0.25) is 0 Å². The van der Waals surface area contributed by atoms with Crippen LogP contribution >= 0.6 is 0 Å². The third kappa shape index (κ3) is 4.81. The zero-order chi connectivity index (χ0) is 9.56. The van der Waals surface area contributed by atoms with Crippen molar-refractivity contribution in [3.05, 3.63) is 0 Å². The Hall–Kier alpha value is 0.0249. The van der Waals surface area contributed by atoms with E-state index in [9.17, 15) is 0 Å². The summed E-state index contributed by atoms with van der Waals surface area (Å²) in [6.45, 7) is 9.50. The fraction of sp³-hybridized carbons (Fsp3) is 1.00. The summed E-state index contributed by atoms with van der Waals surface area (Å²) in [6.07, 6.45) is 3.71. The van der Waals surface area contributed by atoms with Crippen LogP contribution in [0.1, 0.15) is 40.5 Å². The highest BCUT2D eigenvalue weighted by Gasteiger charge is 2.20. The third-order valence-corrected chi connectivity index (χ3v) is 2.61. The van der Waals surface area contributed by atoms with Crippen molar-refractivity contribution < 1.29 is 4.65 Å². The summed E-state index contributed by atoms with van der Waals surface area (Å²) in [4.78, 5) is 0. The molecule has 0 spiro atoms. The molecule has 1 nitrogen and oxygen atoms in total. The largest absolute Gasteiger partial charge is 0.438 e. The molecule has 1 atom stereocenters. The molecule has 0 fully saturated rings. The van der Waals surface area contributed by atoms with Gasteiger partial charge in [0.2, 0.25) is 0 Å². The highest BCUT2D eigenvalue weighted by Crippen LogP contribution is 2.20. The Labute approximate surface area is 78.0 Å². The minimum atomic E-state index is 0.470. The topological polar surface area (TPSA) is 9.23 Å². The first-order chi connectivity index (χ1) is 5.61. The van der Waals surface area contributed by atoms with E-state index in [4.69, 9.17) is 4.65 Å². The van der Waals surface area contributed by atoms with Crippen LogP contribution < -0.4 is 0 Å². The molecule has 1 unspecified atom stereocenters. The molecule has 0 amide bonds. The maximum absolute atomic E-state index is 5.45. The van der Waals surface area contributed by atoms with Crippen LogP contribution in [0.4, 0.5) is 0 Å². The van der Waals surface area contributed by atoms with Gasteiger partial charge in [0.15, 0.2) is 0 Å². The van der Waals surface area contributed by atoms with Crippen molar-refractivity contribution in [1.29, 1.82) is 0 Å². The SMILES string of the molecule is CCC(C)B(CCC(C)C)OC. The molecule has 12 heavy (non-hydrogen) atoms. The zero-order valence-electron chi connectivity index (χ0n) is 9.26. The highest BCUT2D eigenvalue weighted by atomic mass is 16.4. The monoisotopic (exact) mass is 170 g/mol. The van der Waals surface area contributed by atoms with Crippen molar-refractivity contribution >= 4 is 6.92 Å². The number of hydrogen-bond donors (Lipinski definition) is 0. The summed E-state index contributed by atoms with van der Waals surface area (Å²) in [6, 6.07) is 0. The van der Waals surface area contributed by atoms with Crippen molar-refractivity contribution in [2.75, 3.05) is 7.11 Å². The fourth-order valence-corrected chi connectivity index (χ4v) is 1.40. The van der Waals surface area contributed by atoms with Crippen LogP contribution in [0.2, 0.25) is 12.1 Å². The normalized spacial score (nSPS) is 13.5. The van der Waals surface area contributed by atoms with Gasteiger partial charge in [-0.2, -0.15) is 0 Å². The molecule has 2 heteroatoms. The minimum Gasteiger partial charge on any atom is -0.438 e. The molecular weight excluding hydrogens is 147 g/mol. The lowest BCUT2D eigenvalue weighted by Crippen LogP contribution is -2.21. The lowest BCUT2D eigenvalue weighted by atomic mass is 9.52. The van der Waals surface area contributed by atoms with Crippen LogP contribution in [-0.4, -0.2) is 14.0 Å². The van der Waals surface area contributed by atoms with Crippen LogP contribution in [0.3, 0.4) is 0 Å². The standard InChI is InChI=1S/C10H23BO/c1-6-10(4)11(12-5)8-7-9(2)3/h9-10H,6-8H2,1-5H3. The molecule has 0 saturated carbocycles. The van der Waals surface area contributed by atoms with E-state index in [1.165, 1.54) is 19.2 Å². The zero-order valence-corrected chi connectivity index (χ0v) is 9.26.